The van der Waals surface area contributed by atoms with Gasteiger partial charge in [0.05, 0.1) is 17.1 Å². The Balaban J connectivity index is 2.39. The molecule has 0 spiro atoms. The van der Waals surface area contributed by atoms with Crippen LogP contribution >= 0.6 is 0 Å². The molecule has 0 fully saturated rings. The van der Waals surface area contributed by atoms with E-state index >= 15 is 0 Å². The molecule has 0 amide bonds. The Morgan fingerprint density at radius 3 is 2.81 bits per heavy atom. The highest BCUT2D eigenvalue weighted by Gasteiger charge is 2.13. The van der Waals surface area contributed by atoms with Crippen molar-refractivity contribution in [1.82, 2.24) is 4.98 Å². The number of hydrogen-bond donors (Lipinski definition) is 2. The number of benzene rings is 1. The van der Waals surface area contributed by atoms with Gasteiger partial charge in [-0.1, -0.05) is 30.4 Å². The number of nitro groups is 1. The molecule has 0 aliphatic rings. The lowest BCUT2D eigenvalue weighted by Gasteiger charge is -2.09. The first-order valence-electron chi connectivity index (χ1n) is 6.16. The molecule has 3 N–H and O–H groups in total. The molecule has 1 aromatic heterocycles. The number of para-hydroxylation sites is 1. The number of nitrogens with two attached hydrogens (primary N) is 1. The molecule has 1 heterocycles. The third kappa shape index (κ3) is 3.54. The van der Waals surface area contributed by atoms with E-state index in [0.717, 1.165) is 5.56 Å². The van der Waals surface area contributed by atoms with Crippen molar-refractivity contribution in [3.05, 3.63) is 58.2 Å². The van der Waals surface area contributed by atoms with Gasteiger partial charge in [0.15, 0.2) is 5.82 Å². The van der Waals surface area contributed by atoms with Crippen molar-refractivity contribution in [2.24, 2.45) is 5.84 Å². The van der Waals surface area contributed by atoms with Gasteiger partial charge >= 0.3 is 0 Å². The molecule has 7 nitrogen and oxygen atoms in total. The number of hydrazine groups is 1. The molecule has 7 heteroatoms. The van der Waals surface area contributed by atoms with E-state index in [1.807, 2.05) is 37.3 Å². The van der Waals surface area contributed by atoms with Crippen molar-refractivity contribution in [3.63, 3.8) is 0 Å². The minimum atomic E-state index is -0.534. The van der Waals surface area contributed by atoms with E-state index in [1.54, 1.807) is 6.07 Å². The number of hydrogen-bond acceptors (Lipinski definition) is 6. The monoisotopic (exact) mass is 286 g/mol. The number of rotatable bonds is 5. The summed E-state index contributed by atoms with van der Waals surface area (Å²) in [5, 5.41) is 10.9. The van der Waals surface area contributed by atoms with Crippen LogP contribution in [0.3, 0.4) is 0 Å². The minimum absolute atomic E-state index is 0.0918. The molecule has 0 atom stereocenters. The summed E-state index contributed by atoms with van der Waals surface area (Å²) in [5.41, 5.74) is 2.97. The fourth-order valence-corrected chi connectivity index (χ4v) is 1.73. The lowest BCUT2D eigenvalue weighted by Crippen LogP contribution is -2.09. The number of nitrogens with one attached hydrogen (secondary N) is 1. The second-order valence-corrected chi connectivity index (χ2v) is 4.09. The van der Waals surface area contributed by atoms with Gasteiger partial charge in [-0.3, -0.25) is 10.1 Å². The van der Waals surface area contributed by atoms with E-state index in [0.29, 0.717) is 5.75 Å². The summed E-state index contributed by atoms with van der Waals surface area (Å²) in [6.45, 7) is 1.89. The second kappa shape index (κ2) is 6.49. The molecule has 0 saturated carbocycles. The van der Waals surface area contributed by atoms with Crippen LogP contribution in [0.4, 0.5) is 11.5 Å². The first-order chi connectivity index (χ1) is 10.1. The maximum atomic E-state index is 10.9. The minimum Gasteiger partial charge on any atom is -0.438 e. The number of nitrogens with zero attached hydrogens (tertiary/aromatic N) is 2. The predicted octanol–water partition coefficient (Wildman–Crippen LogP) is 3.10. The van der Waals surface area contributed by atoms with Gasteiger partial charge in [-0.2, -0.15) is 4.98 Å². The zero-order valence-corrected chi connectivity index (χ0v) is 11.3. The predicted molar refractivity (Wildman–Crippen MR) is 79.9 cm³/mol. The lowest BCUT2D eigenvalue weighted by molar-refractivity contribution is -0.384. The average Bonchev–Trinajstić information content (AvgIpc) is 2.49. The van der Waals surface area contributed by atoms with Crippen LogP contribution in [-0.4, -0.2) is 9.91 Å². The van der Waals surface area contributed by atoms with Gasteiger partial charge < -0.3 is 10.2 Å². The normalized spacial score (nSPS) is 10.6. The molecular formula is C14H14N4O3. The van der Waals surface area contributed by atoms with E-state index < -0.39 is 4.92 Å². The summed E-state index contributed by atoms with van der Waals surface area (Å²) >= 11 is 0. The third-order valence-corrected chi connectivity index (χ3v) is 2.63. The maximum absolute atomic E-state index is 10.9. The average molecular weight is 286 g/mol. The highest BCUT2D eigenvalue weighted by molar-refractivity contribution is 5.58. The molecule has 0 saturated heterocycles. The Morgan fingerprint density at radius 1 is 1.38 bits per heavy atom. The Bertz CT molecular complexity index is 686. The molecule has 21 heavy (non-hydrogen) atoms. The third-order valence-electron chi connectivity index (χ3n) is 2.63. The molecule has 0 bridgehead atoms. The highest BCUT2D eigenvalue weighted by atomic mass is 16.6. The zero-order chi connectivity index (χ0) is 15.2. The van der Waals surface area contributed by atoms with Crippen molar-refractivity contribution < 1.29 is 9.66 Å². The first kappa shape index (κ1) is 14.5. The number of allylic oxidation sites excluding steroid dienone is 1. The molecular weight excluding hydrogens is 272 g/mol. The molecule has 0 aliphatic heterocycles. The van der Waals surface area contributed by atoms with E-state index in [-0.39, 0.29) is 17.4 Å². The van der Waals surface area contributed by atoms with E-state index in [1.165, 1.54) is 12.1 Å². The Morgan fingerprint density at radius 2 is 2.14 bits per heavy atom. The smallest absolute Gasteiger partial charge is 0.278 e. The quantitative estimate of drug-likeness (QED) is 0.497. The SMILES string of the molecule is C/C=C/c1ccccc1Oc1cc([N+](=O)[O-])cc(NN)n1. The lowest BCUT2D eigenvalue weighted by atomic mass is 10.2. The number of pyridine rings is 1. The zero-order valence-electron chi connectivity index (χ0n) is 11.3. The Kier molecular flexibility index (Phi) is 4.47. The second-order valence-electron chi connectivity index (χ2n) is 4.09. The van der Waals surface area contributed by atoms with Gasteiger partial charge in [-0.05, 0) is 13.0 Å². The van der Waals surface area contributed by atoms with Crippen LogP contribution < -0.4 is 16.0 Å². The van der Waals surface area contributed by atoms with Crippen LogP contribution in [0, 0.1) is 10.1 Å². The van der Waals surface area contributed by atoms with Crippen molar-refractivity contribution in [2.45, 2.75) is 6.92 Å². The van der Waals surface area contributed by atoms with Crippen molar-refractivity contribution in [1.29, 1.82) is 0 Å². The summed E-state index contributed by atoms with van der Waals surface area (Å²) in [5.74, 6) is 6.05. The molecule has 1 aromatic carbocycles. The Labute approximate surface area is 121 Å². The largest absolute Gasteiger partial charge is 0.438 e. The summed E-state index contributed by atoms with van der Waals surface area (Å²) in [6, 6.07) is 9.77. The molecule has 108 valence electrons. The topological polar surface area (TPSA) is 103 Å². The van der Waals surface area contributed by atoms with Gasteiger partial charge in [-0.25, -0.2) is 5.84 Å². The molecule has 0 radical (unpaired) electrons. The molecule has 2 aromatic rings. The van der Waals surface area contributed by atoms with Crippen molar-refractivity contribution >= 4 is 17.6 Å². The Hall–Kier alpha value is -2.93. The fraction of sp³-hybridized carbons (Fsp3) is 0.0714. The van der Waals surface area contributed by atoms with Gasteiger partial charge in [0.25, 0.3) is 5.69 Å². The first-order valence-corrected chi connectivity index (χ1v) is 6.16. The van der Waals surface area contributed by atoms with E-state index in [4.69, 9.17) is 10.6 Å². The van der Waals surface area contributed by atoms with Crippen molar-refractivity contribution in [3.8, 4) is 11.6 Å². The number of aromatic nitrogens is 1. The van der Waals surface area contributed by atoms with Crippen LogP contribution in [-0.2, 0) is 0 Å². The number of ether oxygens (including phenoxy) is 1. The summed E-state index contributed by atoms with van der Waals surface area (Å²) in [4.78, 5) is 14.4. The van der Waals surface area contributed by atoms with Crippen LogP contribution in [0.2, 0.25) is 0 Å². The van der Waals surface area contributed by atoms with Crippen molar-refractivity contribution in [2.75, 3.05) is 5.43 Å². The summed E-state index contributed by atoms with van der Waals surface area (Å²) in [6.07, 6.45) is 3.74. The molecule has 0 aliphatic carbocycles. The number of nitrogen functional groups attached to an aromatic ring is 1. The highest BCUT2D eigenvalue weighted by Crippen LogP contribution is 2.28. The van der Waals surface area contributed by atoms with Crippen LogP contribution in [0.5, 0.6) is 11.6 Å². The maximum Gasteiger partial charge on any atom is 0.278 e. The standard InChI is InChI=1S/C14H14N4O3/c1-2-5-10-6-3-4-7-12(10)21-14-9-11(18(19)20)8-13(16-14)17-15/h2-9H,15H2,1H3,(H,16,17)/b5-2+. The molecule has 2 rings (SSSR count). The van der Waals surface area contributed by atoms with Crippen LogP contribution in [0.25, 0.3) is 6.08 Å². The van der Waals surface area contributed by atoms with Crippen LogP contribution in [0.15, 0.2) is 42.5 Å². The van der Waals surface area contributed by atoms with Gasteiger partial charge in [0.1, 0.15) is 5.75 Å². The van der Waals surface area contributed by atoms with E-state index in [9.17, 15) is 10.1 Å². The molecule has 0 unspecified atom stereocenters. The van der Waals surface area contributed by atoms with Gasteiger partial charge in [-0.15, -0.1) is 0 Å². The van der Waals surface area contributed by atoms with Gasteiger partial charge in [0, 0.05) is 5.56 Å². The van der Waals surface area contributed by atoms with Crippen LogP contribution in [0.1, 0.15) is 12.5 Å². The van der Waals surface area contributed by atoms with Gasteiger partial charge in [0.2, 0.25) is 5.88 Å². The summed E-state index contributed by atoms with van der Waals surface area (Å²) < 4.78 is 5.63. The summed E-state index contributed by atoms with van der Waals surface area (Å²) in [7, 11) is 0. The fourth-order valence-electron chi connectivity index (χ4n) is 1.73. The number of anilines is 1. The van der Waals surface area contributed by atoms with E-state index in [2.05, 4.69) is 10.4 Å².